The van der Waals surface area contributed by atoms with E-state index in [1.54, 1.807) is 36.4 Å². The van der Waals surface area contributed by atoms with Gasteiger partial charge in [-0.3, -0.25) is 4.79 Å². The molecule has 1 unspecified atom stereocenters. The molecule has 144 valence electrons. The maximum Gasteiger partial charge on any atom is 0.312 e. The molecule has 0 saturated carbocycles. The molecule has 0 spiro atoms. The number of rotatable bonds is 9. The average Bonchev–Trinajstić information content (AvgIpc) is 2.63. The summed E-state index contributed by atoms with van der Waals surface area (Å²) in [5.41, 5.74) is 6.63. The summed E-state index contributed by atoms with van der Waals surface area (Å²) in [7, 11) is 0. The van der Waals surface area contributed by atoms with E-state index >= 15 is 0 Å². The normalized spacial score (nSPS) is 14.4. The van der Waals surface area contributed by atoms with Gasteiger partial charge in [0.15, 0.2) is 0 Å². The summed E-state index contributed by atoms with van der Waals surface area (Å²) in [6.45, 7) is 3.03. The zero-order valence-electron chi connectivity index (χ0n) is 14.9. The van der Waals surface area contributed by atoms with Gasteiger partial charge in [-0.2, -0.15) is 0 Å². The van der Waals surface area contributed by atoms with Crippen LogP contribution in [0, 0.1) is 11.2 Å². The molecule has 4 nitrogen and oxygen atoms in total. The molecule has 4 N–H and O–H groups in total. The lowest BCUT2D eigenvalue weighted by Crippen LogP contribution is -2.41. The molecule has 0 aliphatic rings. The van der Waals surface area contributed by atoms with E-state index in [4.69, 9.17) is 17.3 Å². The number of carboxylic acids is 1. The molecule has 0 amide bonds. The Kier molecular flexibility index (Phi) is 7.13. The lowest BCUT2D eigenvalue weighted by Gasteiger charge is -2.29. The second-order valence-electron chi connectivity index (χ2n) is 6.69. The largest absolute Gasteiger partial charge is 0.481 e. The highest BCUT2D eigenvalue weighted by atomic mass is 35.5. The van der Waals surface area contributed by atoms with Crippen molar-refractivity contribution in [1.29, 1.82) is 0 Å². The van der Waals surface area contributed by atoms with Crippen molar-refractivity contribution in [3.05, 3.63) is 71.5 Å². The van der Waals surface area contributed by atoms with E-state index in [1.165, 1.54) is 12.1 Å². The van der Waals surface area contributed by atoms with Crippen molar-refractivity contribution >= 4 is 17.6 Å². The Morgan fingerprint density at radius 3 is 2.59 bits per heavy atom. The number of carboxylic acid groups (broad SMARTS) is 1. The minimum atomic E-state index is -1.36. The molecular formula is C21H23ClFNO3. The van der Waals surface area contributed by atoms with Crippen LogP contribution in [-0.4, -0.2) is 28.8 Å². The van der Waals surface area contributed by atoms with Gasteiger partial charge in [0.2, 0.25) is 0 Å². The summed E-state index contributed by atoms with van der Waals surface area (Å²) >= 11 is 6.34. The molecule has 0 saturated heterocycles. The highest BCUT2D eigenvalue weighted by molar-refractivity contribution is 6.31. The number of hydrogen-bond acceptors (Lipinski definition) is 3. The molecule has 0 bridgehead atoms. The number of allylic oxidation sites excluding steroid dienone is 1. The van der Waals surface area contributed by atoms with Gasteiger partial charge >= 0.3 is 5.97 Å². The van der Waals surface area contributed by atoms with Gasteiger partial charge in [0.1, 0.15) is 5.82 Å². The van der Waals surface area contributed by atoms with Crippen molar-refractivity contribution in [2.45, 2.75) is 25.3 Å². The van der Waals surface area contributed by atoms with Gasteiger partial charge in [0.05, 0.1) is 12.0 Å². The van der Waals surface area contributed by atoms with E-state index in [0.717, 1.165) is 5.56 Å². The molecular weight excluding hydrogens is 369 g/mol. The van der Waals surface area contributed by atoms with Gasteiger partial charge < -0.3 is 15.9 Å². The first-order chi connectivity index (χ1) is 12.8. The SMILES string of the molecule is C=CC[C@](CO)(CC(N)Cc1ccc(-c2ccccc2F)cc1Cl)C(=O)O. The number of aliphatic carboxylic acids is 1. The van der Waals surface area contributed by atoms with Crippen LogP contribution in [-0.2, 0) is 11.2 Å². The molecule has 2 aromatic carbocycles. The van der Waals surface area contributed by atoms with Crippen molar-refractivity contribution in [3.63, 3.8) is 0 Å². The monoisotopic (exact) mass is 391 g/mol. The van der Waals surface area contributed by atoms with Gasteiger partial charge in [-0.05, 0) is 42.5 Å². The number of benzene rings is 2. The van der Waals surface area contributed by atoms with Crippen molar-refractivity contribution in [2.75, 3.05) is 6.61 Å². The van der Waals surface area contributed by atoms with Crippen LogP contribution >= 0.6 is 11.6 Å². The quantitative estimate of drug-likeness (QED) is 0.563. The van der Waals surface area contributed by atoms with Crippen LogP contribution in [0.4, 0.5) is 4.39 Å². The molecule has 6 heteroatoms. The fourth-order valence-corrected chi connectivity index (χ4v) is 3.42. The first kappa shape index (κ1) is 21.1. The van der Waals surface area contributed by atoms with Gasteiger partial charge in [-0.15, -0.1) is 6.58 Å². The lowest BCUT2D eigenvalue weighted by molar-refractivity contribution is -0.152. The van der Waals surface area contributed by atoms with Gasteiger partial charge in [-0.25, -0.2) is 4.39 Å². The van der Waals surface area contributed by atoms with E-state index in [-0.39, 0.29) is 18.7 Å². The number of aliphatic hydroxyl groups excluding tert-OH is 1. The number of aliphatic hydroxyl groups is 1. The zero-order chi connectivity index (χ0) is 20.0. The Bertz CT molecular complexity index is 827. The third-order valence-electron chi connectivity index (χ3n) is 4.66. The van der Waals surface area contributed by atoms with E-state index in [9.17, 15) is 19.4 Å². The Morgan fingerprint density at radius 1 is 1.33 bits per heavy atom. The zero-order valence-corrected chi connectivity index (χ0v) is 15.6. The highest BCUT2D eigenvalue weighted by Gasteiger charge is 2.38. The van der Waals surface area contributed by atoms with Crippen molar-refractivity contribution in [2.24, 2.45) is 11.1 Å². The third kappa shape index (κ3) is 4.95. The Morgan fingerprint density at radius 2 is 2.04 bits per heavy atom. The molecule has 2 aromatic rings. The molecule has 0 aliphatic heterocycles. The first-order valence-corrected chi connectivity index (χ1v) is 8.95. The number of nitrogens with two attached hydrogens (primary N) is 1. The van der Waals surface area contributed by atoms with E-state index < -0.39 is 24.0 Å². The molecule has 0 fully saturated rings. The number of hydrogen-bond donors (Lipinski definition) is 3. The molecule has 0 aliphatic carbocycles. The minimum absolute atomic E-state index is 0.0796. The average molecular weight is 392 g/mol. The summed E-state index contributed by atoms with van der Waals surface area (Å²) in [6, 6.07) is 11.1. The van der Waals surface area contributed by atoms with Crippen molar-refractivity contribution in [3.8, 4) is 11.1 Å². The molecule has 2 rings (SSSR count). The smallest absolute Gasteiger partial charge is 0.312 e. The molecule has 0 heterocycles. The molecule has 2 atom stereocenters. The van der Waals surface area contributed by atoms with Crippen molar-refractivity contribution in [1.82, 2.24) is 0 Å². The summed E-state index contributed by atoms with van der Waals surface area (Å²) in [5, 5.41) is 19.5. The predicted octanol–water partition coefficient (Wildman–Crippen LogP) is 4.05. The molecule has 27 heavy (non-hydrogen) atoms. The Balaban J connectivity index is 2.18. The summed E-state index contributed by atoms with van der Waals surface area (Å²) in [6.07, 6.45) is 2.00. The van der Waals surface area contributed by atoms with Crippen LogP contribution in [0.3, 0.4) is 0 Å². The van der Waals surface area contributed by atoms with E-state index in [1.807, 2.05) is 0 Å². The van der Waals surface area contributed by atoms with E-state index in [2.05, 4.69) is 6.58 Å². The second kappa shape index (κ2) is 9.13. The summed E-state index contributed by atoms with van der Waals surface area (Å²) in [5.74, 6) is -1.45. The van der Waals surface area contributed by atoms with Gasteiger partial charge in [-0.1, -0.05) is 48.0 Å². The third-order valence-corrected chi connectivity index (χ3v) is 5.02. The summed E-state index contributed by atoms with van der Waals surface area (Å²) < 4.78 is 13.9. The van der Waals surface area contributed by atoms with Crippen LogP contribution in [0.25, 0.3) is 11.1 Å². The second-order valence-corrected chi connectivity index (χ2v) is 7.10. The fraction of sp³-hybridized carbons (Fsp3) is 0.286. The van der Waals surface area contributed by atoms with Crippen LogP contribution in [0.1, 0.15) is 18.4 Å². The summed E-state index contributed by atoms with van der Waals surface area (Å²) in [4.78, 5) is 11.6. The number of carbonyl (C=O) groups is 1. The fourth-order valence-electron chi connectivity index (χ4n) is 3.16. The predicted molar refractivity (Wildman–Crippen MR) is 105 cm³/mol. The van der Waals surface area contributed by atoms with Gasteiger partial charge in [0, 0.05) is 16.6 Å². The van der Waals surface area contributed by atoms with E-state index in [0.29, 0.717) is 22.6 Å². The Hall–Kier alpha value is -2.21. The first-order valence-electron chi connectivity index (χ1n) is 8.57. The van der Waals surface area contributed by atoms with Gasteiger partial charge in [0.25, 0.3) is 0 Å². The molecule has 0 aromatic heterocycles. The standard InChI is InChI=1S/C21H23ClFNO3/c1-2-9-21(13-25,20(26)27)12-16(24)10-15-8-7-14(11-18(15)22)17-5-3-4-6-19(17)23/h2-8,11,16,25H,1,9-10,12-13,24H2,(H,26,27)/t16?,21-/m1/s1. The lowest BCUT2D eigenvalue weighted by atomic mass is 9.78. The minimum Gasteiger partial charge on any atom is -0.481 e. The van der Waals surface area contributed by atoms with Crippen LogP contribution in [0.5, 0.6) is 0 Å². The topological polar surface area (TPSA) is 83.5 Å². The number of halogens is 2. The van der Waals surface area contributed by atoms with Crippen molar-refractivity contribution < 1.29 is 19.4 Å². The van der Waals surface area contributed by atoms with Crippen LogP contribution in [0.2, 0.25) is 5.02 Å². The van der Waals surface area contributed by atoms with Crippen LogP contribution in [0.15, 0.2) is 55.1 Å². The Labute approximate surface area is 163 Å². The highest BCUT2D eigenvalue weighted by Crippen LogP contribution is 2.32. The maximum absolute atomic E-state index is 13.9. The molecule has 0 radical (unpaired) electrons. The van der Waals surface area contributed by atoms with Crippen LogP contribution < -0.4 is 5.73 Å². The maximum atomic E-state index is 13.9.